The van der Waals surface area contributed by atoms with E-state index in [4.69, 9.17) is 4.74 Å². The van der Waals surface area contributed by atoms with Crippen LogP contribution in [-0.4, -0.2) is 27.9 Å². The summed E-state index contributed by atoms with van der Waals surface area (Å²) < 4.78 is 18.4. The van der Waals surface area contributed by atoms with E-state index in [1.165, 1.54) is 36.7 Å². The number of carbonyl (C=O) groups is 2. The molecule has 1 aromatic heterocycles. The molecule has 7 heteroatoms. The minimum atomic E-state index is -1.16. The molecule has 1 unspecified atom stereocenters. The van der Waals surface area contributed by atoms with Gasteiger partial charge >= 0.3 is 5.97 Å². The van der Waals surface area contributed by atoms with Crippen LogP contribution in [0.4, 0.5) is 4.39 Å². The molecule has 1 aliphatic carbocycles. The highest BCUT2D eigenvalue weighted by Crippen LogP contribution is 2.24. The van der Waals surface area contributed by atoms with Crippen molar-refractivity contribution in [3.05, 3.63) is 59.4 Å². The highest BCUT2D eigenvalue weighted by molar-refractivity contribution is 5.91. The Morgan fingerprint density at radius 3 is 2.50 bits per heavy atom. The van der Waals surface area contributed by atoms with E-state index in [1.807, 2.05) is 0 Å². The summed E-state index contributed by atoms with van der Waals surface area (Å²) in [4.78, 5) is 32.5. The molecule has 0 saturated heterocycles. The number of benzene rings is 1. The van der Waals surface area contributed by atoms with Crippen LogP contribution in [0, 0.1) is 12.7 Å². The topological polar surface area (TPSA) is 81.2 Å². The van der Waals surface area contributed by atoms with Gasteiger partial charge in [0.25, 0.3) is 5.91 Å². The molecule has 1 N–H and O–H groups in total. The van der Waals surface area contributed by atoms with Crippen molar-refractivity contribution in [2.75, 3.05) is 0 Å². The summed E-state index contributed by atoms with van der Waals surface area (Å²) in [5.41, 5.74) is 1.06. The maximum atomic E-state index is 13.1. The van der Waals surface area contributed by atoms with E-state index in [0.29, 0.717) is 11.3 Å². The van der Waals surface area contributed by atoms with Gasteiger partial charge in [-0.05, 0) is 31.9 Å². The molecule has 1 saturated carbocycles. The number of nitrogens with one attached hydrogen (secondary N) is 1. The summed E-state index contributed by atoms with van der Waals surface area (Å²) >= 11 is 0. The summed E-state index contributed by atoms with van der Waals surface area (Å²) in [7, 11) is 0. The monoisotopic (exact) mass is 329 g/mol. The van der Waals surface area contributed by atoms with Crippen molar-refractivity contribution >= 4 is 11.9 Å². The first kappa shape index (κ1) is 16.0. The zero-order chi connectivity index (χ0) is 17.1. The van der Waals surface area contributed by atoms with E-state index in [9.17, 15) is 14.0 Å². The minimum Gasteiger partial charge on any atom is -0.443 e. The molecule has 1 fully saturated rings. The Bertz CT molecular complexity index is 743. The van der Waals surface area contributed by atoms with Gasteiger partial charge in [0.2, 0.25) is 6.10 Å². The summed E-state index contributed by atoms with van der Waals surface area (Å²) in [5, 5.41) is 2.79. The van der Waals surface area contributed by atoms with Crippen molar-refractivity contribution in [2.24, 2.45) is 0 Å². The average Bonchev–Trinajstić information content (AvgIpc) is 3.38. The number of aromatic nitrogens is 2. The van der Waals surface area contributed by atoms with Crippen LogP contribution in [0.2, 0.25) is 0 Å². The molecule has 0 aliphatic heterocycles. The van der Waals surface area contributed by atoms with Crippen molar-refractivity contribution < 1.29 is 18.7 Å². The van der Waals surface area contributed by atoms with Crippen molar-refractivity contribution in [1.29, 1.82) is 0 Å². The fourth-order valence-corrected chi connectivity index (χ4v) is 2.08. The quantitative estimate of drug-likeness (QED) is 0.850. The molecular formula is C17H16FN3O3. The van der Waals surface area contributed by atoms with Gasteiger partial charge in [0, 0.05) is 17.8 Å². The maximum Gasteiger partial charge on any atom is 0.359 e. The Kier molecular flexibility index (Phi) is 4.50. The third-order valence-electron chi connectivity index (χ3n) is 3.55. The normalized spacial score (nSPS) is 14.8. The predicted octanol–water partition coefficient (Wildman–Crippen LogP) is 2.10. The van der Waals surface area contributed by atoms with E-state index in [1.54, 1.807) is 6.92 Å². The van der Waals surface area contributed by atoms with Crippen LogP contribution in [0.25, 0.3) is 0 Å². The fourth-order valence-electron chi connectivity index (χ4n) is 2.08. The van der Waals surface area contributed by atoms with Crippen LogP contribution >= 0.6 is 0 Å². The molecular weight excluding hydrogens is 313 g/mol. The van der Waals surface area contributed by atoms with Gasteiger partial charge in [-0.2, -0.15) is 0 Å². The van der Waals surface area contributed by atoms with Crippen molar-refractivity contribution in [3.8, 4) is 0 Å². The lowest BCUT2D eigenvalue weighted by Crippen LogP contribution is -2.33. The van der Waals surface area contributed by atoms with Gasteiger partial charge in [-0.1, -0.05) is 12.1 Å². The summed E-state index contributed by atoms with van der Waals surface area (Å²) in [5.74, 6) is -1.63. The second-order valence-electron chi connectivity index (χ2n) is 5.66. The predicted molar refractivity (Wildman–Crippen MR) is 82.5 cm³/mol. The standard InChI is InChI=1S/C17H16FN3O3/c1-10-8-20-14(9-19-10)17(23)24-15(16(22)21-13-6-7-13)11-2-4-12(18)5-3-11/h2-5,8-9,13,15H,6-7H2,1H3,(H,21,22). The maximum absolute atomic E-state index is 13.1. The largest absolute Gasteiger partial charge is 0.443 e. The van der Waals surface area contributed by atoms with Crippen LogP contribution in [0.3, 0.4) is 0 Å². The van der Waals surface area contributed by atoms with E-state index in [0.717, 1.165) is 12.8 Å². The lowest BCUT2D eigenvalue weighted by Gasteiger charge is -2.17. The minimum absolute atomic E-state index is 0.00642. The van der Waals surface area contributed by atoms with Crippen molar-refractivity contribution in [1.82, 2.24) is 15.3 Å². The molecule has 1 amide bonds. The molecule has 1 atom stereocenters. The van der Waals surface area contributed by atoms with Gasteiger partial charge in [0.15, 0.2) is 5.69 Å². The number of amides is 1. The lowest BCUT2D eigenvalue weighted by molar-refractivity contribution is -0.130. The number of rotatable bonds is 5. The average molecular weight is 329 g/mol. The third-order valence-corrected chi connectivity index (χ3v) is 3.55. The van der Waals surface area contributed by atoms with Crippen LogP contribution in [0.1, 0.15) is 40.7 Å². The third kappa shape index (κ3) is 3.92. The lowest BCUT2D eigenvalue weighted by atomic mass is 10.1. The van der Waals surface area contributed by atoms with Gasteiger partial charge in [0.1, 0.15) is 5.82 Å². The number of esters is 1. The van der Waals surface area contributed by atoms with Gasteiger partial charge < -0.3 is 10.1 Å². The van der Waals surface area contributed by atoms with Crippen molar-refractivity contribution in [3.63, 3.8) is 0 Å². The van der Waals surface area contributed by atoms with Gasteiger partial charge in [-0.15, -0.1) is 0 Å². The SMILES string of the molecule is Cc1cnc(C(=O)OC(C(=O)NC2CC2)c2ccc(F)cc2)cn1. The van der Waals surface area contributed by atoms with E-state index in [2.05, 4.69) is 15.3 Å². The highest BCUT2D eigenvalue weighted by Gasteiger charge is 2.31. The van der Waals surface area contributed by atoms with E-state index < -0.39 is 23.8 Å². The van der Waals surface area contributed by atoms with Crippen LogP contribution in [0.15, 0.2) is 36.7 Å². The molecule has 3 rings (SSSR count). The zero-order valence-corrected chi connectivity index (χ0v) is 13.0. The number of nitrogens with zero attached hydrogens (tertiary/aromatic N) is 2. The molecule has 0 radical (unpaired) electrons. The molecule has 1 aromatic carbocycles. The molecule has 2 aromatic rings. The Morgan fingerprint density at radius 2 is 1.92 bits per heavy atom. The number of hydrogen-bond acceptors (Lipinski definition) is 5. The second-order valence-corrected chi connectivity index (χ2v) is 5.66. The first-order chi connectivity index (χ1) is 11.5. The molecule has 24 heavy (non-hydrogen) atoms. The number of carbonyl (C=O) groups excluding carboxylic acids is 2. The molecule has 6 nitrogen and oxygen atoms in total. The number of halogens is 1. The Morgan fingerprint density at radius 1 is 1.21 bits per heavy atom. The first-order valence-corrected chi connectivity index (χ1v) is 7.58. The molecule has 0 bridgehead atoms. The van der Waals surface area contributed by atoms with Gasteiger partial charge in [-0.25, -0.2) is 14.2 Å². The number of hydrogen-bond donors (Lipinski definition) is 1. The zero-order valence-electron chi connectivity index (χ0n) is 13.0. The number of aryl methyl sites for hydroxylation is 1. The highest BCUT2D eigenvalue weighted by atomic mass is 19.1. The van der Waals surface area contributed by atoms with E-state index >= 15 is 0 Å². The fraction of sp³-hybridized carbons (Fsp3) is 0.294. The van der Waals surface area contributed by atoms with Gasteiger partial charge in [0.05, 0.1) is 11.9 Å². The van der Waals surface area contributed by atoms with Crippen LogP contribution in [0.5, 0.6) is 0 Å². The molecule has 1 heterocycles. The van der Waals surface area contributed by atoms with Crippen molar-refractivity contribution in [2.45, 2.75) is 31.9 Å². The Balaban J connectivity index is 1.80. The molecule has 0 spiro atoms. The summed E-state index contributed by atoms with van der Waals surface area (Å²) in [6.07, 6.45) is 3.37. The van der Waals surface area contributed by atoms with E-state index in [-0.39, 0.29) is 11.7 Å². The smallest absolute Gasteiger partial charge is 0.359 e. The summed E-state index contributed by atoms with van der Waals surface area (Å²) in [6, 6.07) is 5.37. The Hall–Kier alpha value is -2.83. The number of ether oxygens (including phenoxy) is 1. The molecule has 124 valence electrons. The van der Waals surface area contributed by atoms with Crippen LogP contribution in [-0.2, 0) is 9.53 Å². The van der Waals surface area contributed by atoms with Crippen LogP contribution < -0.4 is 5.32 Å². The second kappa shape index (κ2) is 6.74. The van der Waals surface area contributed by atoms with Gasteiger partial charge in [-0.3, -0.25) is 9.78 Å². The summed E-state index contributed by atoms with van der Waals surface area (Å²) in [6.45, 7) is 1.74. The molecule has 1 aliphatic rings. The Labute approximate surface area is 138 Å². The first-order valence-electron chi connectivity index (χ1n) is 7.58.